The number of hydrogen-bond acceptors (Lipinski definition) is 8. The van der Waals surface area contributed by atoms with Gasteiger partial charge < -0.3 is 27.0 Å². The Morgan fingerprint density at radius 2 is 1.91 bits per heavy atom. The first-order valence-corrected chi connectivity index (χ1v) is 12.0. The topological polar surface area (TPSA) is 122 Å². The number of halogens is 1. The predicted molar refractivity (Wildman–Crippen MR) is 138 cm³/mol. The third-order valence-corrected chi connectivity index (χ3v) is 6.27. The Bertz CT molecular complexity index is 1190. The largest absolute Gasteiger partial charge is 0.402 e. The van der Waals surface area contributed by atoms with Crippen LogP contribution in [0.25, 0.3) is 0 Å². The van der Waals surface area contributed by atoms with Crippen LogP contribution in [0.15, 0.2) is 76.4 Å². The Kier molecular flexibility index (Phi) is 7.56. The second-order valence-electron chi connectivity index (χ2n) is 7.88. The van der Waals surface area contributed by atoms with Gasteiger partial charge in [-0.1, -0.05) is 23.7 Å². The van der Waals surface area contributed by atoms with E-state index in [1.54, 1.807) is 37.3 Å². The minimum absolute atomic E-state index is 0.259. The summed E-state index contributed by atoms with van der Waals surface area (Å²) in [5.41, 5.74) is 13.6. The number of carbonyl (C=O) groups is 1. The van der Waals surface area contributed by atoms with Gasteiger partial charge in [-0.25, -0.2) is 9.97 Å². The minimum Gasteiger partial charge on any atom is -0.402 e. The average Bonchev–Trinajstić information content (AvgIpc) is 2.73. The Labute approximate surface area is 207 Å². The lowest BCUT2D eigenvalue weighted by Gasteiger charge is -2.32. The van der Waals surface area contributed by atoms with Gasteiger partial charge in [-0.3, -0.25) is 4.79 Å². The first-order chi connectivity index (χ1) is 16.4. The zero-order valence-electron chi connectivity index (χ0n) is 18.7. The maximum absolute atomic E-state index is 12.5. The molecule has 1 saturated heterocycles. The first kappa shape index (κ1) is 23.9. The molecule has 1 fully saturated rings. The molecule has 0 bridgehead atoms. The summed E-state index contributed by atoms with van der Waals surface area (Å²) in [6, 6.07) is 16.3. The van der Waals surface area contributed by atoms with Crippen molar-refractivity contribution in [2.24, 2.45) is 11.5 Å². The lowest BCUT2D eigenvalue weighted by Crippen LogP contribution is -2.38. The normalized spacial score (nSPS) is 14.3. The molecule has 2 heterocycles. The number of carbonyl (C=O) groups excluding carboxylic acids is 1. The molecule has 2 aromatic carbocycles. The highest BCUT2D eigenvalue weighted by molar-refractivity contribution is 7.99. The summed E-state index contributed by atoms with van der Waals surface area (Å²) in [6.45, 7) is 3.72. The van der Waals surface area contributed by atoms with E-state index in [2.05, 4.69) is 20.5 Å². The van der Waals surface area contributed by atoms with E-state index in [4.69, 9.17) is 28.1 Å². The lowest BCUT2D eigenvalue weighted by atomic mass is 10.2. The lowest BCUT2D eigenvalue weighted by molar-refractivity contribution is 0.102. The molecule has 3 aromatic rings. The third-order valence-electron chi connectivity index (χ3n) is 5.07. The second-order valence-corrected chi connectivity index (χ2v) is 9.32. The van der Waals surface area contributed by atoms with Crippen molar-refractivity contribution in [3.8, 4) is 0 Å². The number of benzene rings is 2. The molecule has 1 aliphatic heterocycles. The summed E-state index contributed by atoms with van der Waals surface area (Å²) < 4.78 is 0. The maximum atomic E-state index is 12.5. The van der Waals surface area contributed by atoms with Crippen LogP contribution in [0.4, 0.5) is 17.3 Å². The molecular formula is C24H26ClN7OS. The number of anilines is 3. The molecule has 176 valence electrons. The first-order valence-electron chi connectivity index (χ1n) is 10.8. The second kappa shape index (κ2) is 10.8. The molecule has 0 radical (unpaired) electrons. The van der Waals surface area contributed by atoms with E-state index in [1.807, 2.05) is 30.3 Å². The van der Waals surface area contributed by atoms with Gasteiger partial charge in [-0.15, -0.1) is 0 Å². The molecule has 0 aliphatic carbocycles. The van der Waals surface area contributed by atoms with Crippen molar-refractivity contribution in [1.29, 1.82) is 0 Å². The van der Waals surface area contributed by atoms with E-state index in [-0.39, 0.29) is 5.91 Å². The molecule has 8 nitrogen and oxygen atoms in total. The van der Waals surface area contributed by atoms with Crippen LogP contribution in [0.2, 0.25) is 5.02 Å². The standard InChI is InChI=1S/C24H26ClN7OS/c1-15(26)13-20(27)29-21-14-22(32-11-4-12-32)31-24(30-21)34-17-9-7-16(8-10-17)28-23(33)18-5-2-3-6-19(18)25/h2-3,5-10,13-14,20H,4,11-12,26-27H2,1H3,(H,28,33)(H,29,30,31)/b15-13-. The summed E-state index contributed by atoms with van der Waals surface area (Å²) in [6.07, 6.45) is 2.42. The quantitative estimate of drug-likeness (QED) is 0.269. The van der Waals surface area contributed by atoms with E-state index >= 15 is 0 Å². The molecule has 10 heteroatoms. The van der Waals surface area contributed by atoms with Gasteiger partial charge in [0, 0.05) is 35.4 Å². The Morgan fingerprint density at radius 3 is 2.56 bits per heavy atom. The molecule has 0 spiro atoms. The van der Waals surface area contributed by atoms with Gasteiger partial charge in [0.05, 0.1) is 16.8 Å². The fraction of sp³-hybridized carbons (Fsp3) is 0.208. The summed E-state index contributed by atoms with van der Waals surface area (Å²) in [5.74, 6) is 1.23. The van der Waals surface area contributed by atoms with E-state index in [1.165, 1.54) is 11.8 Å². The van der Waals surface area contributed by atoms with Gasteiger partial charge in [0.2, 0.25) is 0 Å². The highest BCUT2D eigenvalue weighted by Gasteiger charge is 2.19. The van der Waals surface area contributed by atoms with E-state index < -0.39 is 6.17 Å². The van der Waals surface area contributed by atoms with Crippen molar-refractivity contribution >= 4 is 46.6 Å². The van der Waals surface area contributed by atoms with Crippen molar-refractivity contribution < 1.29 is 4.79 Å². The van der Waals surface area contributed by atoms with Crippen LogP contribution < -0.4 is 27.0 Å². The number of hydrogen-bond donors (Lipinski definition) is 4. The molecule has 0 saturated carbocycles. The van der Waals surface area contributed by atoms with Gasteiger partial charge in [0.15, 0.2) is 5.16 Å². The molecule has 1 unspecified atom stereocenters. The predicted octanol–water partition coefficient (Wildman–Crippen LogP) is 4.30. The number of aromatic nitrogens is 2. The molecule has 34 heavy (non-hydrogen) atoms. The fourth-order valence-corrected chi connectivity index (χ4v) is 4.28. The maximum Gasteiger partial charge on any atom is 0.257 e. The number of rotatable bonds is 8. The number of amides is 1. The van der Waals surface area contributed by atoms with Crippen LogP contribution in [0.3, 0.4) is 0 Å². The van der Waals surface area contributed by atoms with Crippen LogP contribution in [-0.4, -0.2) is 35.1 Å². The number of nitrogens with one attached hydrogen (secondary N) is 2. The van der Waals surface area contributed by atoms with E-state index in [0.717, 1.165) is 30.2 Å². The van der Waals surface area contributed by atoms with Gasteiger partial charge >= 0.3 is 0 Å². The monoisotopic (exact) mass is 495 g/mol. The van der Waals surface area contributed by atoms with Crippen LogP contribution >= 0.6 is 23.4 Å². The summed E-state index contributed by atoms with van der Waals surface area (Å²) in [5, 5.41) is 7.04. The number of nitrogens with zero attached hydrogens (tertiary/aromatic N) is 3. The van der Waals surface area contributed by atoms with Gasteiger partial charge in [0.1, 0.15) is 11.6 Å². The SMILES string of the molecule is C/C(N)=C/C(N)Nc1cc(N2CCC2)nc(Sc2ccc(NC(=O)c3ccccc3Cl)cc2)n1. The van der Waals surface area contributed by atoms with Gasteiger partial charge in [0.25, 0.3) is 5.91 Å². The van der Waals surface area contributed by atoms with Crippen molar-refractivity contribution in [2.45, 2.75) is 29.6 Å². The van der Waals surface area contributed by atoms with E-state index in [0.29, 0.717) is 32.9 Å². The van der Waals surface area contributed by atoms with Crippen molar-refractivity contribution in [3.05, 3.63) is 77.0 Å². The molecule has 1 amide bonds. The molecule has 6 N–H and O–H groups in total. The zero-order chi connectivity index (χ0) is 24.1. The van der Waals surface area contributed by atoms with Crippen LogP contribution in [0.1, 0.15) is 23.7 Å². The molecule has 4 rings (SSSR count). The molecule has 1 atom stereocenters. The Balaban J connectivity index is 1.48. The van der Waals surface area contributed by atoms with Gasteiger partial charge in [-0.05, 0) is 67.6 Å². The zero-order valence-corrected chi connectivity index (χ0v) is 20.2. The van der Waals surface area contributed by atoms with Crippen LogP contribution in [0, 0.1) is 0 Å². The van der Waals surface area contributed by atoms with Crippen molar-refractivity contribution in [2.75, 3.05) is 28.6 Å². The minimum atomic E-state index is -0.456. The summed E-state index contributed by atoms with van der Waals surface area (Å²) in [4.78, 5) is 24.9. The van der Waals surface area contributed by atoms with Gasteiger partial charge in [-0.2, -0.15) is 0 Å². The number of allylic oxidation sites excluding steroid dienone is 1. The fourth-order valence-electron chi connectivity index (χ4n) is 3.29. The highest BCUT2D eigenvalue weighted by atomic mass is 35.5. The number of nitrogens with two attached hydrogens (primary N) is 2. The van der Waals surface area contributed by atoms with Crippen LogP contribution in [0.5, 0.6) is 0 Å². The Morgan fingerprint density at radius 1 is 1.18 bits per heavy atom. The third kappa shape index (κ3) is 6.19. The summed E-state index contributed by atoms with van der Waals surface area (Å²) in [7, 11) is 0. The molecule has 1 aliphatic rings. The highest BCUT2D eigenvalue weighted by Crippen LogP contribution is 2.30. The molecule has 1 aromatic heterocycles. The van der Waals surface area contributed by atoms with Crippen molar-refractivity contribution in [1.82, 2.24) is 9.97 Å². The van der Waals surface area contributed by atoms with Crippen molar-refractivity contribution in [3.63, 3.8) is 0 Å². The van der Waals surface area contributed by atoms with Crippen LogP contribution in [-0.2, 0) is 0 Å². The average molecular weight is 496 g/mol. The smallest absolute Gasteiger partial charge is 0.257 e. The Hall–Kier alpha value is -3.27. The summed E-state index contributed by atoms with van der Waals surface area (Å²) >= 11 is 7.55. The molecular weight excluding hydrogens is 470 g/mol. The van der Waals surface area contributed by atoms with E-state index in [9.17, 15) is 4.79 Å².